The van der Waals surface area contributed by atoms with Crippen molar-refractivity contribution in [3.8, 4) is 0 Å². The molecule has 0 spiro atoms. The highest BCUT2D eigenvalue weighted by molar-refractivity contribution is 5.95. The van der Waals surface area contributed by atoms with Crippen molar-refractivity contribution < 1.29 is 4.79 Å². The smallest absolute Gasteiger partial charge is 0.254 e. The van der Waals surface area contributed by atoms with Crippen LogP contribution in [0, 0.1) is 11.8 Å². The Morgan fingerprint density at radius 2 is 1.97 bits per heavy atom. The molecule has 5 rings (SSSR count). The molecule has 0 saturated carbocycles. The third kappa shape index (κ3) is 4.61. The van der Waals surface area contributed by atoms with Crippen molar-refractivity contribution >= 4 is 5.91 Å². The average Bonchev–Trinajstić information content (AvgIpc) is 2.85. The predicted octanol–water partition coefficient (Wildman–Crippen LogP) is 5.22. The summed E-state index contributed by atoms with van der Waals surface area (Å²) in [6, 6.07) is 18.2. The molecule has 4 heteroatoms. The van der Waals surface area contributed by atoms with Crippen molar-refractivity contribution in [3.63, 3.8) is 0 Å². The zero-order valence-corrected chi connectivity index (χ0v) is 20.5. The van der Waals surface area contributed by atoms with Gasteiger partial charge in [-0.2, -0.15) is 0 Å². The van der Waals surface area contributed by atoms with Crippen LogP contribution in [0.25, 0.3) is 0 Å². The van der Waals surface area contributed by atoms with Crippen LogP contribution >= 0.6 is 0 Å². The van der Waals surface area contributed by atoms with E-state index in [0.717, 1.165) is 31.0 Å². The largest absolute Gasteiger partial charge is 0.332 e. The molecule has 3 aliphatic heterocycles. The first-order valence-electron chi connectivity index (χ1n) is 13.0. The van der Waals surface area contributed by atoms with Gasteiger partial charge in [-0.1, -0.05) is 50.2 Å². The second-order valence-corrected chi connectivity index (χ2v) is 10.8. The molecule has 4 nitrogen and oxygen atoms in total. The Hall–Kier alpha value is -2.17. The number of hydrogen-bond donors (Lipinski definition) is 1. The number of fused-ring (bicyclic) bond motifs is 4. The molecule has 3 heterocycles. The van der Waals surface area contributed by atoms with Crippen molar-refractivity contribution in [2.45, 2.75) is 64.6 Å². The number of nitrogens with one attached hydrogen (secondary N) is 1. The van der Waals surface area contributed by atoms with Crippen LogP contribution in [-0.2, 0) is 6.42 Å². The number of amides is 1. The summed E-state index contributed by atoms with van der Waals surface area (Å²) in [5.74, 6) is 1.38. The van der Waals surface area contributed by atoms with E-state index in [9.17, 15) is 4.79 Å². The van der Waals surface area contributed by atoms with E-state index in [-0.39, 0.29) is 11.9 Å². The molecule has 0 radical (unpaired) electrons. The Labute approximate surface area is 199 Å². The van der Waals surface area contributed by atoms with Crippen LogP contribution in [0.15, 0.2) is 48.5 Å². The third-order valence-electron chi connectivity index (χ3n) is 8.10. The van der Waals surface area contributed by atoms with E-state index in [4.69, 9.17) is 0 Å². The maximum absolute atomic E-state index is 13.8. The predicted molar refractivity (Wildman–Crippen MR) is 134 cm³/mol. The van der Waals surface area contributed by atoms with Gasteiger partial charge >= 0.3 is 0 Å². The molecule has 2 aromatic carbocycles. The number of carbonyl (C=O) groups excluding carboxylic acids is 1. The number of rotatable bonds is 5. The van der Waals surface area contributed by atoms with Crippen LogP contribution in [0.4, 0.5) is 0 Å². The Morgan fingerprint density at radius 3 is 2.76 bits per heavy atom. The first kappa shape index (κ1) is 22.6. The highest BCUT2D eigenvalue weighted by Crippen LogP contribution is 2.41. The number of piperidine rings is 2. The van der Waals surface area contributed by atoms with Gasteiger partial charge in [-0.15, -0.1) is 0 Å². The number of nitrogens with zero attached hydrogens (tertiary/aromatic N) is 2. The van der Waals surface area contributed by atoms with Gasteiger partial charge in [0.2, 0.25) is 0 Å². The molecule has 0 bridgehead atoms. The molecule has 1 amide bonds. The Morgan fingerprint density at radius 1 is 1.15 bits per heavy atom. The van der Waals surface area contributed by atoms with Crippen LogP contribution in [-0.4, -0.2) is 47.9 Å². The SMILES string of the molecule is CC(C)CN(C(=O)c1ccc2c(c1)CCN1C[C@H]3CCCN[C@H]3C[C@H]21)[C@H](C)c1ccccc1. The van der Waals surface area contributed by atoms with Crippen LogP contribution < -0.4 is 5.32 Å². The zero-order chi connectivity index (χ0) is 22.9. The summed E-state index contributed by atoms with van der Waals surface area (Å²) in [6.07, 6.45) is 4.94. The fourth-order valence-electron chi connectivity index (χ4n) is 6.33. The van der Waals surface area contributed by atoms with Gasteiger partial charge in [0.05, 0.1) is 6.04 Å². The standard InChI is InChI=1S/C29H39N3O/c1-20(2)18-32(21(3)22-8-5-4-6-9-22)29(33)24-11-12-26-23(16-24)13-15-31-19-25-10-7-14-30-27(25)17-28(26)31/h4-6,8-9,11-12,16,20-21,25,27-28,30H,7,10,13-15,17-19H2,1-3H3/t21-,25-,27+,28-/m1/s1. The van der Waals surface area contributed by atoms with E-state index < -0.39 is 0 Å². The van der Waals surface area contributed by atoms with Crippen LogP contribution in [0.3, 0.4) is 0 Å². The van der Waals surface area contributed by atoms with Crippen molar-refractivity contribution in [1.29, 1.82) is 0 Å². The minimum atomic E-state index is 0.0558. The average molecular weight is 446 g/mol. The van der Waals surface area contributed by atoms with Crippen molar-refractivity contribution in [2.24, 2.45) is 11.8 Å². The minimum absolute atomic E-state index is 0.0558. The molecule has 4 atom stereocenters. The zero-order valence-electron chi connectivity index (χ0n) is 20.5. The maximum Gasteiger partial charge on any atom is 0.254 e. The summed E-state index contributed by atoms with van der Waals surface area (Å²) in [7, 11) is 0. The fourth-order valence-corrected chi connectivity index (χ4v) is 6.33. The van der Waals surface area contributed by atoms with Crippen molar-refractivity contribution in [3.05, 3.63) is 70.8 Å². The summed E-state index contributed by atoms with van der Waals surface area (Å²) >= 11 is 0. The monoisotopic (exact) mass is 445 g/mol. The Balaban J connectivity index is 1.39. The lowest BCUT2D eigenvalue weighted by atomic mass is 9.77. The Bertz CT molecular complexity index is 972. The second-order valence-electron chi connectivity index (χ2n) is 10.8. The molecule has 0 unspecified atom stereocenters. The van der Waals surface area contributed by atoms with Gasteiger partial charge in [0, 0.05) is 37.3 Å². The van der Waals surface area contributed by atoms with Gasteiger partial charge in [-0.3, -0.25) is 9.69 Å². The van der Waals surface area contributed by atoms with Crippen molar-refractivity contribution in [2.75, 3.05) is 26.2 Å². The molecule has 33 heavy (non-hydrogen) atoms. The molecule has 176 valence electrons. The van der Waals surface area contributed by atoms with E-state index in [0.29, 0.717) is 18.0 Å². The molecule has 1 N–H and O–H groups in total. The van der Waals surface area contributed by atoms with E-state index in [1.165, 1.54) is 49.0 Å². The lowest BCUT2D eigenvalue weighted by molar-refractivity contribution is 0.0550. The lowest BCUT2D eigenvalue weighted by Crippen LogP contribution is -2.54. The van der Waals surface area contributed by atoms with Crippen LogP contribution in [0.5, 0.6) is 0 Å². The molecule has 3 aliphatic rings. The van der Waals surface area contributed by atoms with Gasteiger partial charge in [-0.05, 0) is 79.8 Å². The number of hydrogen-bond acceptors (Lipinski definition) is 3. The van der Waals surface area contributed by atoms with Crippen LogP contribution in [0.2, 0.25) is 0 Å². The topological polar surface area (TPSA) is 35.6 Å². The van der Waals surface area contributed by atoms with Gasteiger partial charge in [0.25, 0.3) is 5.91 Å². The minimum Gasteiger partial charge on any atom is -0.332 e. The fraction of sp³-hybridized carbons (Fsp3) is 0.552. The lowest BCUT2D eigenvalue weighted by Gasteiger charge is -2.49. The van der Waals surface area contributed by atoms with E-state index >= 15 is 0 Å². The van der Waals surface area contributed by atoms with Gasteiger partial charge in [0.15, 0.2) is 0 Å². The highest BCUT2D eigenvalue weighted by atomic mass is 16.2. The van der Waals surface area contributed by atoms with Crippen molar-refractivity contribution in [1.82, 2.24) is 15.1 Å². The molecular formula is C29H39N3O. The summed E-state index contributed by atoms with van der Waals surface area (Å²) < 4.78 is 0. The quantitative estimate of drug-likeness (QED) is 0.686. The van der Waals surface area contributed by atoms with Gasteiger partial charge < -0.3 is 10.2 Å². The molecule has 2 saturated heterocycles. The molecule has 0 aromatic heterocycles. The third-order valence-corrected chi connectivity index (χ3v) is 8.10. The number of carbonyl (C=O) groups is 1. The molecule has 2 fully saturated rings. The first-order valence-corrected chi connectivity index (χ1v) is 13.0. The molecule has 2 aromatic rings. The summed E-state index contributed by atoms with van der Waals surface area (Å²) in [4.78, 5) is 18.5. The van der Waals surface area contributed by atoms with E-state index in [1.807, 2.05) is 6.07 Å². The van der Waals surface area contributed by atoms with Gasteiger partial charge in [-0.25, -0.2) is 0 Å². The molecule has 0 aliphatic carbocycles. The highest BCUT2D eigenvalue weighted by Gasteiger charge is 2.39. The van der Waals surface area contributed by atoms with E-state index in [2.05, 4.69) is 78.4 Å². The summed E-state index contributed by atoms with van der Waals surface area (Å²) in [6.45, 7) is 10.8. The molecular weight excluding hydrogens is 406 g/mol. The Kier molecular flexibility index (Phi) is 6.58. The normalized spacial score (nSPS) is 25.6. The first-order chi connectivity index (χ1) is 16.0. The van der Waals surface area contributed by atoms with Gasteiger partial charge in [0.1, 0.15) is 0 Å². The summed E-state index contributed by atoms with van der Waals surface area (Å²) in [5.41, 5.74) is 4.87. The van der Waals surface area contributed by atoms with E-state index in [1.54, 1.807) is 0 Å². The maximum atomic E-state index is 13.8. The summed E-state index contributed by atoms with van der Waals surface area (Å²) in [5, 5.41) is 3.79. The van der Waals surface area contributed by atoms with Crippen LogP contribution in [0.1, 0.15) is 79.2 Å². The second kappa shape index (κ2) is 9.60. The number of benzene rings is 2.